The fourth-order valence-corrected chi connectivity index (χ4v) is 2.00. The van der Waals surface area contributed by atoms with Crippen LogP contribution >= 0.6 is 0 Å². The number of halogens is 3. The Morgan fingerprint density at radius 3 is 2.74 bits per heavy atom. The number of alkyl halides is 3. The van der Waals surface area contributed by atoms with E-state index in [1.807, 2.05) is 0 Å². The van der Waals surface area contributed by atoms with Gasteiger partial charge in [0.15, 0.2) is 0 Å². The van der Waals surface area contributed by atoms with Gasteiger partial charge in [-0.1, -0.05) is 6.07 Å². The molecule has 1 heterocycles. The fourth-order valence-electron chi connectivity index (χ4n) is 2.00. The predicted octanol–water partition coefficient (Wildman–Crippen LogP) is 3.09. The Morgan fingerprint density at radius 1 is 1.37 bits per heavy atom. The molecule has 3 nitrogen and oxygen atoms in total. The van der Waals surface area contributed by atoms with E-state index in [-0.39, 0.29) is 13.2 Å². The van der Waals surface area contributed by atoms with Crippen molar-refractivity contribution in [3.05, 3.63) is 41.0 Å². The van der Waals surface area contributed by atoms with Gasteiger partial charge in [-0.05, 0) is 35.3 Å². The number of rotatable bonds is 1. The van der Waals surface area contributed by atoms with Crippen molar-refractivity contribution in [2.24, 2.45) is 0 Å². The first-order valence-electron chi connectivity index (χ1n) is 5.59. The van der Waals surface area contributed by atoms with Gasteiger partial charge in [0.1, 0.15) is 0 Å². The number of hydrogen-bond donors (Lipinski definition) is 1. The van der Waals surface area contributed by atoms with E-state index in [4.69, 9.17) is 9.84 Å². The Hall–Kier alpha value is -1.82. The summed E-state index contributed by atoms with van der Waals surface area (Å²) in [7, 11) is 0. The monoisotopic (exact) mass is 272 g/mol. The van der Waals surface area contributed by atoms with Crippen LogP contribution in [0.15, 0.2) is 24.3 Å². The van der Waals surface area contributed by atoms with E-state index < -0.39 is 17.7 Å². The zero-order chi connectivity index (χ0) is 14.0. The molecular weight excluding hydrogens is 261 g/mol. The quantitative estimate of drug-likeness (QED) is 0.799. The van der Waals surface area contributed by atoms with Crippen LogP contribution in [0.1, 0.15) is 23.1 Å². The molecule has 6 heteroatoms. The van der Waals surface area contributed by atoms with E-state index >= 15 is 0 Å². The second-order valence-corrected chi connectivity index (χ2v) is 4.18. The summed E-state index contributed by atoms with van der Waals surface area (Å²) >= 11 is 0. The van der Waals surface area contributed by atoms with E-state index in [1.54, 1.807) is 0 Å². The molecule has 0 aliphatic carbocycles. The molecule has 102 valence electrons. The number of ether oxygens (including phenoxy) is 1. The lowest BCUT2D eigenvalue weighted by molar-refractivity contribution is -0.137. The van der Waals surface area contributed by atoms with Gasteiger partial charge in [0.2, 0.25) is 0 Å². The van der Waals surface area contributed by atoms with Gasteiger partial charge in [-0.15, -0.1) is 0 Å². The van der Waals surface area contributed by atoms with Crippen LogP contribution in [-0.4, -0.2) is 17.7 Å². The lowest BCUT2D eigenvalue weighted by Crippen LogP contribution is -2.06. The molecule has 1 aliphatic rings. The maximum atomic E-state index is 12.6. The molecule has 0 unspecified atom stereocenters. The summed E-state index contributed by atoms with van der Waals surface area (Å²) < 4.78 is 43.1. The molecular formula is C13H11F3O3. The molecule has 0 amide bonds. The number of carboxylic acid groups (broad SMARTS) is 1. The van der Waals surface area contributed by atoms with Crippen molar-refractivity contribution in [2.75, 3.05) is 6.61 Å². The Kier molecular flexibility index (Phi) is 3.61. The van der Waals surface area contributed by atoms with Crippen molar-refractivity contribution in [1.82, 2.24) is 0 Å². The van der Waals surface area contributed by atoms with Crippen molar-refractivity contribution in [1.29, 1.82) is 0 Å². The van der Waals surface area contributed by atoms with Crippen molar-refractivity contribution < 1.29 is 27.8 Å². The van der Waals surface area contributed by atoms with E-state index in [0.29, 0.717) is 23.1 Å². The van der Waals surface area contributed by atoms with Crippen LogP contribution in [0, 0.1) is 0 Å². The molecule has 19 heavy (non-hydrogen) atoms. The summed E-state index contributed by atoms with van der Waals surface area (Å²) in [6.45, 7) is 0.339. The number of carboxylic acids is 1. The van der Waals surface area contributed by atoms with Crippen LogP contribution in [0.2, 0.25) is 0 Å². The fraction of sp³-hybridized carbons (Fsp3) is 0.308. The minimum absolute atomic E-state index is 0.0518. The molecule has 0 radical (unpaired) electrons. The first-order valence-corrected chi connectivity index (χ1v) is 5.59. The molecule has 0 saturated heterocycles. The van der Waals surface area contributed by atoms with Crippen LogP contribution in [0.4, 0.5) is 13.2 Å². The molecule has 0 atom stereocenters. The highest BCUT2D eigenvalue weighted by atomic mass is 19.4. The first-order chi connectivity index (χ1) is 8.88. The Bertz CT molecular complexity index is 532. The molecule has 2 rings (SSSR count). The van der Waals surface area contributed by atoms with E-state index in [0.717, 1.165) is 18.2 Å². The molecule has 0 bridgehead atoms. The van der Waals surface area contributed by atoms with Crippen LogP contribution in [0.5, 0.6) is 0 Å². The van der Waals surface area contributed by atoms with Crippen molar-refractivity contribution in [3.8, 4) is 0 Å². The van der Waals surface area contributed by atoms with Gasteiger partial charge in [0, 0.05) is 6.08 Å². The standard InChI is InChI=1S/C13H11F3O3/c14-13(15,16)10-1-2-11-8(6-12(17)18)3-4-19-7-9(11)5-10/h1-2,5-6H,3-4,7H2,(H,17,18). The van der Waals surface area contributed by atoms with Gasteiger partial charge in [0.25, 0.3) is 0 Å². The van der Waals surface area contributed by atoms with Crippen molar-refractivity contribution in [2.45, 2.75) is 19.2 Å². The minimum atomic E-state index is -4.42. The molecule has 1 aromatic carbocycles. The van der Waals surface area contributed by atoms with E-state index in [1.165, 1.54) is 6.07 Å². The predicted molar refractivity (Wildman–Crippen MR) is 61.3 cm³/mol. The average Bonchev–Trinajstić information content (AvgIpc) is 2.49. The van der Waals surface area contributed by atoms with Crippen LogP contribution in [0.3, 0.4) is 0 Å². The summed E-state index contributed by atoms with van der Waals surface area (Å²) in [6.07, 6.45) is -3.04. The third-order valence-electron chi connectivity index (χ3n) is 2.85. The summed E-state index contributed by atoms with van der Waals surface area (Å²) in [5, 5.41) is 8.77. The number of fused-ring (bicyclic) bond motifs is 1. The second-order valence-electron chi connectivity index (χ2n) is 4.18. The Labute approximate surface area is 107 Å². The van der Waals surface area contributed by atoms with Gasteiger partial charge in [-0.2, -0.15) is 13.2 Å². The van der Waals surface area contributed by atoms with Gasteiger partial charge >= 0.3 is 12.1 Å². The lowest BCUT2D eigenvalue weighted by Gasteiger charge is -2.12. The smallest absolute Gasteiger partial charge is 0.416 e. The maximum absolute atomic E-state index is 12.6. The highest BCUT2D eigenvalue weighted by molar-refractivity contribution is 5.90. The third kappa shape index (κ3) is 3.14. The largest absolute Gasteiger partial charge is 0.478 e. The van der Waals surface area contributed by atoms with Gasteiger partial charge in [-0.3, -0.25) is 0 Å². The molecule has 0 saturated carbocycles. The normalized spacial score (nSPS) is 17.9. The Balaban J connectivity index is 2.49. The molecule has 1 N–H and O–H groups in total. The zero-order valence-electron chi connectivity index (χ0n) is 9.83. The topological polar surface area (TPSA) is 46.5 Å². The number of carbonyl (C=O) groups is 1. The minimum Gasteiger partial charge on any atom is -0.478 e. The maximum Gasteiger partial charge on any atom is 0.416 e. The lowest BCUT2D eigenvalue weighted by atomic mass is 9.96. The average molecular weight is 272 g/mol. The molecule has 0 fully saturated rings. The molecule has 0 aromatic heterocycles. The third-order valence-corrected chi connectivity index (χ3v) is 2.85. The summed E-state index contributed by atoms with van der Waals surface area (Å²) in [5.74, 6) is -1.12. The zero-order valence-corrected chi connectivity index (χ0v) is 9.83. The van der Waals surface area contributed by atoms with Crippen LogP contribution in [0.25, 0.3) is 5.57 Å². The summed E-state index contributed by atoms with van der Waals surface area (Å²) in [5.41, 5.74) is 0.591. The van der Waals surface area contributed by atoms with Gasteiger partial charge in [-0.25, -0.2) is 4.79 Å². The molecule has 1 aromatic rings. The second kappa shape index (κ2) is 5.05. The van der Waals surface area contributed by atoms with Crippen molar-refractivity contribution in [3.63, 3.8) is 0 Å². The van der Waals surface area contributed by atoms with E-state index in [2.05, 4.69) is 0 Å². The van der Waals surface area contributed by atoms with E-state index in [9.17, 15) is 18.0 Å². The highest BCUT2D eigenvalue weighted by Gasteiger charge is 2.31. The van der Waals surface area contributed by atoms with Crippen molar-refractivity contribution >= 4 is 11.5 Å². The summed E-state index contributed by atoms with van der Waals surface area (Å²) in [6, 6.07) is 3.28. The SMILES string of the molecule is O=C(O)C=C1CCOCc2cc(C(F)(F)F)ccc21. The Morgan fingerprint density at radius 2 is 2.11 bits per heavy atom. The van der Waals surface area contributed by atoms with Crippen LogP contribution in [-0.2, 0) is 22.3 Å². The number of aliphatic carboxylic acids is 1. The number of hydrogen-bond acceptors (Lipinski definition) is 2. The highest BCUT2D eigenvalue weighted by Crippen LogP contribution is 2.34. The molecule has 0 spiro atoms. The summed E-state index contributed by atoms with van der Waals surface area (Å²) in [4.78, 5) is 10.7. The van der Waals surface area contributed by atoms with Gasteiger partial charge < -0.3 is 9.84 Å². The number of benzene rings is 1. The van der Waals surface area contributed by atoms with Gasteiger partial charge in [0.05, 0.1) is 18.8 Å². The molecule has 1 aliphatic heterocycles. The van der Waals surface area contributed by atoms with Crippen LogP contribution < -0.4 is 0 Å². The first kappa shape index (κ1) is 13.6.